The highest BCUT2D eigenvalue weighted by molar-refractivity contribution is 5.74. The van der Waals surface area contributed by atoms with Gasteiger partial charge in [0.05, 0.1) is 19.3 Å². The van der Waals surface area contributed by atoms with Crippen LogP contribution in [0, 0.1) is 12.8 Å². The summed E-state index contributed by atoms with van der Waals surface area (Å²) < 4.78 is 11.3. The minimum Gasteiger partial charge on any atom is -0.465 e. The van der Waals surface area contributed by atoms with E-state index in [2.05, 4.69) is 17.1 Å². The number of rotatable bonds is 4. The van der Waals surface area contributed by atoms with Crippen LogP contribution in [-0.4, -0.2) is 61.8 Å². The van der Waals surface area contributed by atoms with Gasteiger partial charge in [0, 0.05) is 32.7 Å². The van der Waals surface area contributed by atoms with Crippen molar-refractivity contribution >= 4 is 6.03 Å². The van der Waals surface area contributed by atoms with Crippen LogP contribution in [0.5, 0.6) is 0 Å². The average molecular weight is 335 g/mol. The molecular formula is C18H29N3O3. The number of furan rings is 1. The minimum absolute atomic E-state index is 0.0448. The summed E-state index contributed by atoms with van der Waals surface area (Å²) >= 11 is 0. The maximum absolute atomic E-state index is 12.5. The topological polar surface area (TPSA) is 58.0 Å². The molecule has 2 fully saturated rings. The van der Waals surface area contributed by atoms with E-state index in [-0.39, 0.29) is 12.1 Å². The Kier molecular flexibility index (Phi) is 5.79. The zero-order valence-corrected chi connectivity index (χ0v) is 14.8. The molecule has 0 aliphatic carbocycles. The van der Waals surface area contributed by atoms with Crippen molar-refractivity contribution in [2.24, 2.45) is 5.92 Å². The highest BCUT2D eigenvalue weighted by Gasteiger charge is 2.27. The Labute approximate surface area is 144 Å². The second-order valence-corrected chi connectivity index (χ2v) is 6.97. The number of nitrogens with zero attached hydrogens (tertiary/aromatic N) is 2. The van der Waals surface area contributed by atoms with Gasteiger partial charge in [-0.15, -0.1) is 0 Å². The Morgan fingerprint density at radius 1 is 1.25 bits per heavy atom. The first-order chi connectivity index (χ1) is 11.6. The van der Waals surface area contributed by atoms with Crippen LogP contribution in [0.1, 0.15) is 37.3 Å². The van der Waals surface area contributed by atoms with E-state index in [9.17, 15) is 4.79 Å². The summed E-state index contributed by atoms with van der Waals surface area (Å²) in [6.07, 6.45) is 2.19. The number of carbonyl (C=O) groups excluding carboxylic acids is 1. The smallest absolute Gasteiger partial charge is 0.317 e. The molecule has 3 heterocycles. The SMILES string of the molecule is Cc1ccc(C(CNC(=O)N2CCC(C)CC2)N2CCOCC2)o1. The van der Waals surface area contributed by atoms with Crippen molar-refractivity contribution in [3.63, 3.8) is 0 Å². The lowest BCUT2D eigenvalue weighted by Gasteiger charge is -2.35. The van der Waals surface area contributed by atoms with Crippen LogP contribution in [-0.2, 0) is 4.74 Å². The number of hydrogen-bond donors (Lipinski definition) is 1. The second kappa shape index (κ2) is 8.03. The van der Waals surface area contributed by atoms with Gasteiger partial charge in [0.15, 0.2) is 0 Å². The highest BCUT2D eigenvalue weighted by atomic mass is 16.5. The molecule has 0 saturated carbocycles. The number of likely N-dealkylation sites (tertiary alicyclic amines) is 1. The number of hydrogen-bond acceptors (Lipinski definition) is 4. The van der Waals surface area contributed by atoms with Crippen molar-refractivity contribution in [2.75, 3.05) is 45.9 Å². The van der Waals surface area contributed by atoms with Gasteiger partial charge in [-0.2, -0.15) is 0 Å². The number of amides is 2. The van der Waals surface area contributed by atoms with Crippen molar-refractivity contribution in [1.82, 2.24) is 15.1 Å². The van der Waals surface area contributed by atoms with Gasteiger partial charge < -0.3 is 19.4 Å². The van der Waals surface area contributed by atoms with Gasteiger partial charge in [-0.05, 0) is 37.8 Å². The third kappa shape index (κ3) is 4.30. The van der Waals surface area contributed by atoms with Gasteiger partial charge in [-0.3, -0.25) is 4.90 Å². The molecule has 2 aliphatic rings. The molecule has 0 bridgehead atoms. The maximum atomic E-state index is 12.5. The Morgan fingerprint density at radius 3 is 2.58 bits per heavy atom. The van der Waals surface area contributed by atoms with E-state index in [4.69, 9.17) is 9.15 Å². The second-order valence-electron chi connectivity index (χ2n) is 6.97. The van der Waals surface area contributed by atoms with E-state index in [0.717, 1.165) is 69.7 Å². The molecule has 134 valence electrons. The molecule has 6 nitrogen and oxygen atoms in total. The van der Waals surface area contributed by atoms with Gasteiger partial charge in [0.25, 0.3) is 0 Å². The lowest BCUT2D eigenvalue weighted by Crippen LogP contribution is -2.48. The number of urea groups is 1. The molecule has 0 aromatic carbocycles. The van der Waals surface area contributed by atoms with Gasteiger partial charge >= 0.3 is 6.03 Å². The van der Waals surface area contributed by atoms with Crippen molar-refractivity contribution in [2.45, 2.75) is 32.7 Å². The number of nitrogens with one attached hydrogen (secondary N) is 1. The maximum Gasteiger partial charge on any atom is 0.317 e. The first-order valence-corrected chi connectivity index (χ1v) is 9.04. The van der Waals surface area contributed by atoms with Gasteiger partial charge in [-0.25, -0.2) is 4.79 Å². The van der Waals surface area contributed by atoms with Crippen molar-refractivity contribution < 1.29 is 13.9 Å². The quantitative estimate of drug-likeness (QED) is 0.918. The Morgan fingerprint density at radius 2 is 1.96 bits per heavy atom. The third-order valence-corrected chi connectivity index (χ3v) is 5.09. The summed E-state index contributed by atoms with van der Waals surface area (Å²) in [5.41, 5.74) is 0. The third-order valence-electron chi connectivity index (χ3n) is 5.09. The monoisotopic (exact) mass is 335 g/mol. The molecular weight excluding hydrogens is 306 g/mol. The molecule has 1 atom stereocenters. The summed E-state index contributed by atoms with van der Waals surface area (Å²) in [7, 11) is 0. The van der Waals surface area contributed by atoms with Crippen molar-refractivity contribution in [3.8, 4) is 0 Å². The summed E-state index contributed by atoms with van der Waals surface area (Å²) in [4.78, 5) is 16.7. The molecule has 1 aromatic rings. The standard InChI is InChI=1S/C18H29N3O3/c1-14-5-7-21(8-6-14)18(22)19-13-16(17-4-3-15(2)24-17)20-9-11-23-12-10-20/h3-4,14,16H,5-13H2,1-2H3,(H,19,22). The molecule has 2 aliphatic heterocycles. The lowest BCUT2D eigenvalue weighted by atomic mass is 10.00. The molecule has 6 heteroatoms. The van der Waals surface area contributed by atoms with Crippen LogP contribution in [0.15, 0.2) is 16.5 Å². The number of aryl methyl sites for hydroxylation is 1. The van der Waals surface area contributed by atoms with Gasteiger partial charge in [0.1, 0.15) is 11.5 Å². The fourth-order valence-electron chi connectivity index (χ4n) is 3.44. The summed E-state index contributed by atoms with van der Waals surface area (Å²) in [6.45, 7) is 9.67. The average Bonchev–Trinajstić information content (AvgIpc) is 3.02. The Hall–Kier alpha value is -1.53. The minimum atomic E-state index is 0.0448. The first-order valence-electron chi connectivity index (χ1n) is 9.04. The van der Waals surface area contributed by atoms with Gasteiger partial charge in [0.2, 0.25) is 0 Å². The van der Waals surface area contributed by atoms with E-state index < -0.39 is 0 Å². The molecule has 1 unspecified atom stereocenters. The largest absolute Gasteiger partial charge is 0.465 e. The van der Waals surface area contributed by atoms with Crippen molar-refractivity contribution in [1.29, 1.82) is 0 Å². The summed E-state index contributed by atoms with van der Waals surface area (Å²) in [5, 5.41) is 3.12. The first kappa shape index (κ1) is 17.3. The highest BCUT2D eigenvalue weighted by Crippen LogP contribution is 2.23. The van der Waals surface area contributed by atoms with E-state index in [1.165, 1.54) is 0 Å². The van der Waals surface area contributed by atoms with E-state index >= 15 is 0 Å². The van der Waals surface area contributed by atoms with Crippen LogP contribution >= 0.6 is 0 Å². The molecule has 24 heavy (non-hydrogen) atoms. The number of carbonyl (C=O) groups is 1. The fraction of sp³-hybridized carbons (Fsp3) is 0.722. The van der Waals surface area contributed by atoms with Crippen LogP contribution in [0.4, 0.5) is 4.79 Å². The molecule has 2 amide bonds. The number of ether oxygens (including phenoxy) is 1. The Balaban J connectivity index is 1.60. The Bertz CT molecular complexity index is 531. The van der Waals surface area contributed by atoms with E-state index in [0.29, 0.717) is 6.54 Å². The molecule has 0 spiro atoms. The predicted octanol–water partition coefficient (Wildman–Crippen LogP) is 2.40. The molecule has 3 rings (SSSR count). The van der Waals surface area contributed by atoms with Gasteiger partial charge in [-0.1, -0.05) is 6.92 Å². The zero-order valence-electron chi connectivity index (χ0n) is 14.8. The number of morpholine rings is 1. The lowest BCUT2D eigenvalue weighted by molar-refractivity contribution is 0.0118. The summed E-state index contributed by atoms with van der Waals surface area (Å²) in [5.74, 6) is 2.54. The molecule has 1 N–H and O–H groups in total. The molecule has 1 aromatic heterocycles. The van der Waals surface area contributed by atoms with Crippen LogP contribution in [0.2, 0.25) is 0 Å². The van der Waals surface area contributed by atoms with Crippen LogP contribution in [0.3, 0.4) is 0 Å². The van der Waals surface area contributed by atoms with Crippen molar-refractivity contribution in [3.05, 3.63) is 23.7 Å². The van der Waals surface area contributed by atoms with E-state index in [1.54, 1.807) is 0 Å². The van der Waals surface area contributed by atoms with Crippen LogP contribution < -0.4 is 5.32 Å². The van der Waals surface area contributed by atoms with Crippen LogP contribution in [0.25, 0.3) is 0 Å². The molecule has 0 radical (unpaired) electrons. The van der Waals surface area contributed by atoms with E-state index in [1.807, 2.05) is 24.0 Å². The zero-order chi connectivity index (χ0) is 16.9. The fourth-order valence-corrected chi connectivity index (χ4v) is 3.44. The number of piperidine rings is 1. The normalized spacial score (nSPS) is 21.7. The molecule has 2 saturated heterocycles. The predicted molar refractivity (Wildman–Crippen MR) is 91.9 cm³/mol. The summed E-state index contributed by atoms with van der Waals surface area (Å²) in [6, 6.07) is 4.11.